The number of benzene rings is 1. The molecule has 2 nitrogen and oxygen atoms in total. The maximum atomic E-state index is 5.37. The van der Waals surface area contributed by atoms with E-state index >= 15 is 0 Å². The fourth-order valence-electron chi connectivity index (χ4n) is 1.45. The standard InChI is InChI=1S/C12H12N2S2/c1-9-8-10(2)14(13-9)12(15)16-11-6-4-3-5-7-11/h3-8H,1-2H3. The van der Waals surface area contributed by atoms with Crippen LogP contribution < -0.4 is 0 Å². The van der Waals surface area contributed by atoms with E-state index in [0.717, 1.165) is 20.6 Å². The van der Waals surface area contributed by atoms with Crippen molar-refractivity contribution in [2.24, 2.45) is 0 Å². The van der Waals surface area contributed by atoms with Crippen molar-refractivity contribution < 1.29 is 0 Å². The van der Waals surface area contributed by atoms with Crippen LogP contribution in [0.2, 0.25) is 0 Å². The predicted octanol–water partition coefficient (Wildman–Crippen LogP) is 3.43. The van der Waals surface area contributed by atoms with Gasteiger partial charge in [-0.25, -0.2) is 4.68 Å². The summed E-state index contributed by atoms with van der Waals surface area (Å²) in [6.07, 6.45) is 0. The van der Waals surface area contributed by atoms with E-state index in [1.165, 1.54) is 0 Å². The summed E-state index contributed by atoms with van der Waals surface area (Å²) < 4.78 is 2.57. The van der Waals surface area contributed by atoms with Crippen molar-refractivity contribution in [3.63, 3.8) is 0 Å². The van der Waals surface area contributed by atoms with Crippen molar-refractivity contribution in [1.29, 1.82) is 0 Å². The molecule has 0 atom stereocenters. The average molecular weight is 248 g/mol. The van der Waals surface area contributed by atoms with Crippen molar-refractivity contribution in [3.8, 4) is 0 Å². The van der Waals surface area contributed by atoms with Crippen LogP contribution in [-0.2, 0) is 0 Å². The zero-order chi connectivity index (χ0) is 11.5. The van der Waals surface area contributed by atoms with Crippen LogP contribution in [0.3, 0.4) is 0 Å². The van der Waals surface area contributed by atoms with E-state index in [2.05, 4.69) is 5.10 Å². The highest BCUT2D eigenvalue weighted by molar-refractivity contribution is 8.23. The van der Waals surface area contributed by atoms with Crippen LogP contribution in [0.25, 0.3) is 0 Å². The topological polar surface area (TPSA) is 17.8 Å². The summed E-state index contributed by atoms with van der Waals surface area (Å²) in [6.45, 7) is 3.98. The van der Waals surface area contributed by atoms with E-state index in [4.69, 9.17) is 12.2 Å². The average Bonchev–Trinajstić information content (AvgIpc) is 2.59. The van der Waals surface area contributed by atoms with Gasteiger partial charge in [-0.15, -0.1) is 0 Å². The lowest BCUT2D eigenvalue weighted by Gasteiger charge is -2.05. The van der Waals surface area contributed by atoms with Gasteiger partial charge in [-0.05, 0) is 32.0 Å². The third kappa shape index (κ3) is 2.51. The molecule has 1 heterocycles. The molecule has 82 valence electrons. The lowest BCUT2D eigenvalue weighted by Crippen LogP contribution is -2.08. The molecule has 0 saturated heterocycles. The van der Waals surface area contributed by atoms with Gasteiger partial charge in [-0.2, -0.15) is 5.10 Å². The van der Waals surface area contributed by atoms with Gasteiger partial charge in [0.1, 0.15) is 0 Å². The Morgan fingerprint density at radius 2 is 1.94 bits per heavy atom. The third-order valence-corrected chi connectivity index (χ3v) is 3.41. The zero-order valence-corrected chi connectivity index (χ0v) is 10.8. The van der Waals surface area contributed by atoms with Crippen molar-refractivity contribution in [2.75, 3.05) is 0 Å². The Kier molecular flexibility index (Phi) is 3.41. The van der Waals surface area contributed by atoms with E-state index < -0.39 is 0 Å². The molecule has 1 aromatic heterocycles. The Morgan fingerprint density at radius 1 is 1.25 bits per heavy atom. The molecular formula is C12H12N2S2. The van der Waals surface area contributed by atoms with Gasteiger partial charge in [-0.3, -0.25) is 0 Å². The second-order valence-corrected chi connectivity index (χ2v) is 5.23. The van der Waals surface area contributed by atoms with Crippen LogP contribution in [0.15, 0.2) is 41.3 Å². The SMILES string of the molecule is Cc1cc(C)n(C(=S)Sc2ccccc2)n1. The molecule has 0 bridgehead atoms. The summed E-state index contributed by atoms with van der Waals surface area (Å²) in [5.74, 6) is 0. The van der Waals surface area contributed by atoms with Gasteiger partial charge >= 0.3 is 0 Å². The summed E-state index contributed by atoms with van der Waals surface area (Å²) in [5, 5.41) is 4.36. The minimum absolute atomic E-state index is 0.761. The summed E-state index contributed by atoms with van der Waals surface area (Å²) in [7, 11) is 0. The van der Waals surface area contributed by atoms with Crippen LogP contribution in [0.1, 0.15) is 11.4 Å². The molecule has 4 heteroatoms. The highest BCUT2D eigenvalue weighted by Gasteiger charge is 2.07. The highest BCUT2D eigenvalue weighted by atomic mass is 32.2. The Bertz CT molecular complexity index is 503. The van der Waals surface area contributed by atoms with Gasteiger partial charge < -0.3 is 0 Å². The van der Waals surface area contributed by atoms with E-state index in [1.54, 1.807) is 11.8 Å². The quantitative estimate of drug-likeness (QED) is 0.569. The first-order valence-electron chi connectivity index (χ1n) is 4.97. The van der Waals surface area contributed by atoms with Crippen LogP contribution in [-0.4, -0.2) is 14.1 Å². The molecule has 0 aliphatic rings. The molecule has 0 fully saturated rings. The van der Waals surface area contributed by atoms with E-state index in [1.807, 2.05) is 54.9 Å². The summed E-state index contributed by atoms with van der Waals surface area (Å²) in [5.41, 5.74) is 2.07. The lowest BCUT2D eigenvalue weighted by molar-refractivity contribution is 0.906. The van der Waals surface area contributed by atoms with Crippen molar-refractivity contribution in [3.05, 3.63) is 47.8 Å². The Hall–Kier alpha value is -1.13. The van der Waals surface area contributed by atoms with E-state index in [0.29, 0.717) is 0 Å². The van der Waals surface area contributed by atoms with Gasteiger partial charge in [0.25, 0.3) is 0 Å². The lowest BCUT2D eigenvalue weighted by atomic mass is 10.4. The second-order valence-electron chi connectivity index (χ2n) is 3.52. The molecule has 16 heavy (non-hydrogen) atoms. The minimum atomic E-state index is 0.761. The molecule has 0 spiro atoms. The predicted molar refractivity (Wildman–Crippen MR) is 72.0 cm³/mol. The summed E-state index contributed by atoms with van der Waals surface area (Å²) in [4.78, 5) is 1.14. The first kappa shape index (κ1) is 11.4. The smallest absolute Gasteiger partial charge is 0.166 e. The fourth-order valence-corrected chi connectivity index (χ4v) is 2.69. The third-order valence-electron chi connectivity index (χ3n) is 2.13. The molecule has 0 unspecified atom stereocenters. The van der Waals surface area contributed by atoms with Crippen molar-refractivity contribution >= 4 is 28.3 Å². The monoisotopic (exact) mass is 248 g/mol. The molecule has 2 rings (SSSR count). The molecule has 0 N–H and O–H groups in total. The fraction of sp³-hybridized carbons (Fsp3) is 0.167. The molecule has 0 aliphatic heterocycles. The van der Waals surface area contributed by atoms with Crippen LogP contribution in [0.4, 0.5) is 0 Å². The number of nitrogens with zero attached hydrogens (tertiary/aromatic N) is 2. The summed E-state index contributed by atoms with van der Waals surface area (Å²) in [6, 6.07) is 12.1. The molecule has 0 aliphatic carbocycles. The minimum Gasteiger partial charge on any atom is -0.220 e. The Balaban J connectivity index is 2.18. The van der Waals surface area contributed by atoms with Crippen LogP contribution >= 0.6 is 24.0 Å². The maximum absolute atomic E-state index is 5.37. The number of thioether (sulfide) groups is 1. The first-order valence-corrected chi connectivity index (χ1v) is 6.20. The zero-order valence-electron chi connectivity index (χ0n) is 9.18. The molecule has 0 radical (unpaired) electrons. The normalized spacial score (nSPS) is 10.4. The van der Waals surface area contributed by atoms with Crippen molar-refractivity contribution in [1.82, 2.24) is 9.78 Å². The second kappa shape index (κ2) is 4.80. The van der Waals surface area contributed by atoms with Gasteiger partial charge in [0, 0.05) is 10.6 Å². The molecule has 0 saturated carbocycles. The number of rotatable bonds is 1. The maximum Gasteiger partial charge on any atom is 0.166 e. The van der Waals surface area contributed by atoms with E-state index in [9.17, 15) is 0 Å². The molecule has 2 aromatic rings. The van der Waals surface area contributed by atoms with Gasteiger partial charge in [-0.1, -0.05) is 42.2 Å². The van der Waals surface area contributed by atoms with Crippen LogP contribution in [0, 0.1) is 13.8 Å². The number of hydrogen-bond donors (Lipinski definition) is 0. The largest absolute Gasteiger partial charge is 0.220 e. The van der Waals surface area contributed by atoms with Gasteiger partial charge in [0.15, 0.2) is 4.32 Å². The number of aromatic nitrogens is 2. The van der Waals surface area contributed by atoms with E-state index in [-0.39, 0.29) is 0 Å². The van der Waals surface area contributed by atoms with Crippen LogP contribution in [0.5, 0.6) is 0 Å². The first-order chi connectivity index (χ1) is 7.66. The Morgan fingerprint density at radius 3 is 2.50 bits per heavy atom. The van der Waals surface area contributed by atoms with Gasteiger partial charge in [0.05, 0.1) is 5.69 Å². The molecule has 0 amide bonds. The molecular weight excluding hydrogens is 236 g/mol. The summed E-state index contributed by atoms with van der Waals surface area (Å²) >= 11 is 6.92. The number of thiocarbonyl (C=S) groups is 1. The van der Waals surface area contributed by atoms with Crippen molar-refractivity contribution in [2.45, 2.75) is 18.7 Å². The van der Waals surface area contributed by atoms with Gasteiger partial charge in [0.2, 0.25) is 0 Å². The Labute approximate surface area is 105 Å². The number of hydrogen-bond acceptors (Lipinski definition) is 3. The highest BCUT2D eigenvalue weighted by Crippen LogP contribution is 2.20. The molecule has 1 aromatic carbocycles. The number of aryl methyl sites for hydroxylation is 2.